The Hall–Kier alpha value is -1.82. The minimum atomic E-state index is -0.218. The molecule has 0 saturated heterocycles. The molecule has 0 radical (unpaired) electrons. The van der Waals surface area contributed by atoms with E-state index < -0.39 is 0 Å². The molecule has 5 nitrogen and oxygen atoms in total. The van der Waals surface area contributed by atoms with Crippen LogP contribution in [0.3, 0.4) is 0 Å². The van der Waals surface area contributed by atoms with E-state index in [0.29, 0.717) is 12.5 Å². The van der Waals surface area contributed by atoms with Crippen molar-refractivity contribution >= 4 is 17.7 Å². The van der Waals surface area contributed by atoms with Gasteiger partial charge in [0.15, 0.2) is 5.16 Å². The summed E-state index contributed by atoms with van der Waals surface area (Å²) in [6.07, 6.45) is 0. The molecule has 1 N–H and O–H groups in total. The Kier molecular flexibility index (Phi) is 5.60. The fourth-order valence-electron chi connectivity index (χ4n) is 1.95. The van der Waals surface area contributed by atoms with Crippen LogP contribution in [-0.2, 0) is 4.79 Å². The average Bonchev–Trinajstić information content (AvgIpc) is 2.86. The van der Waals surface area contributed by atoms with Crippen LogP contribution in [0, 0.1) is 12.8 Å². The van der Waals surface area contributed by atoms with Crippen LogP contribution in [0.15, 0.2) is 35.5 Å². The predicted molar refractivity (Wildman–Crippen MR) is 89.3 cm³/mol. The average molecular weight is 318 g/mol. The number of thioether (sulfide) groups is 1. The molecule has 1 amide bonds. The van der Waals surface area contributed by atoms with Crippen LogP contribution in [-0.4, -0.2) is 32.5 Å². The maximum absolute atomic E-state index is 12.1. The summed E-state index contributed by atoms with van der Waals surface area (Å²) in [6, 6.07) is 9.93. The van der Waals surface area contributed by atoms with Crippen LogP contribution in [0.1, 0.15) is 26.6 Å². The normalized spacial score (nSPS) is 12.4. The van der Waals surface area contributed by atoms with Crippen molar-refractivity contribution in [3.63, 3.8) is 0 Å². The number of nitrogens with one attached hydrogen (secondary N) is 1. The maximum atomic E-state index is 12.1. The van der Waals surface area contributed by atoms with Gasteiger partial charge in [0.2, 0.25) is 5.91 Å². The van der Waals surface area contributed by atoms with Gasteiger partial charge in [-0.1, -0.05) is 43.8 Å². The second-order valence-corrected chi connectivity index (χ2v) is 6.91. The highest BCUT2D eigenvalue weighted by Gasteiger charge is 2.19. The molecule has 22 heavy (non-hydrogen) atoms. The first-order valence-electron chi connectivity index (χ1n) is 7.41. The third-order valence-corrected chi connectivity index (χ3v) is 4.19. The second kappa shape index (κ2) is 7.45. The first kappa shape index (κ1) is 16.5. The van der Waals surface area contributed by atoms with E-state index in [0.717, 1.165) is 16.7 Å². The van der Waals surface area contributed by atoms with E-state index in [-0.39, 0.29) is 11.2 Å². The molecule has 1 aromatic heterocycles. The highest BCUT2D eigenvalue weighted by molar-refractivity contribution is 8.00. The number of carbonyl (C=O) groups is 1. The van der Waals surface area contributed by atoms with Crippen LogP contribution >= 0.6 is 11.8 Å². The van der Waals surface area contributed by atoms with Gasteiger partial charge in [0.1, 0.15) is 5.82 Å². The summed E-state index contributed by atoms with van der Waals surface area (Å²) in [6.45, 7) is 8.64. The third-order valence-electron chi connectivity index (χ3n) is 3.15. The largest absolute Gasteiger partial charge is 0.355 e. The Bertz CT molecular complexity index is 624. The zero-order valence-electron chi connectivity index (χ0n) is 13.4. The lowest BCUT2D eigenvalue weighted by atomic mass is 10.2. The predicted octanol–water partition coefficient (Wildman–Crippen LogP) is 2.83. The van der Waals surface area contributed by atoms with Crippen molar-refractivity contribution in [2.75, 3.05) is 6.54 Å². The number of amides is 1. The highest BCUT2D eigenvalue weighted by atomic mass is 32.2. The summed E-state index contributed by atoms with van der Waals surface area (Å²) in [5.41, 5.74) is 1.00. The van der Waals surface area contributed by atoms with E-state index >= 15 is 0 Å². The lowest BCUT2D eigenvalue weighted by molar-refractivity contribution is -0.120. The summed E-state index contributed by atoms with van der Waals surface area (Å²) >= 11 is 1.42. The molecule has 0 unspecified atom stereocenters. The number of aromatic nitrogens is 3. The number of hydrogen-bond acceptors (Lipinski definition) is 4. The summed E-state index contributed by atoms with van der Waals surface area (Å²) in [7, 11) is 0. The SMILES string of the molecule is Cc1nnc(S[C@@H](C)C(=O)NCC(C)C)n1-c1ccccc1. The van der Waals surface area contributed by atoms with Crippen molar-refractivity contribution in [2.45, 2.75) is 38.1 Å². The molecule has 0 bridgehead atoms. The summed E-state index contributed by atoms with van der Waals surface area (Å²) in [5, 5.41) is 11.8. The van der Waals surface area contributed by atoms with Gasteiger partial charge in [0.05, 0.1) is 5.25 Å². The molecule has 0 aliphatic carbocycles. The van der Waals surface area contributed by atoms with E-state index in [9.17, 15) is 4.79 Å². The number of para-hydroxylation sites is 1. The fraction of sp³-hybridized carbons (Fsp3) is 0.438. The van der Waals surface area contributed by atoms with Crippen LogP contribution < -0.4 is 5.32 Å². The number of rotatable bonds is 6. The Morgan fingerprint density at radius 2 is 1.91 bits per heavy atom. The van der Waals surface area contributed by atoms with Crippen molar-refractivity contribution in [3.05, 3.63) is 36.2 Å². The summed E-state index contributed by atoms with van der Waals surface area (Å²) in [4.78, 5) is 12.1. The molecule has 1 aromatic carbocycles. The van der Waals surface area contributed by atoms with Crippen molar-refractivity contribution in [2.24, 2.45) is 5.92 Å². The van der Waals surface area contributed by atoms with Crippen molar-refractivity contribution in [3.8, 4) is 5.69 Å². The van der Waals surface area contributed by atoms with Gasteiger partial charge in [-0.25, -0.2) is 0 Å². The minimum Gasteiger partial charge on any atom is -0.355 e. The number of benzene rings is 1. The Morgan fingerprint density at radius 3 is 2.55 bits per heavy atom. The zero-order valence-corrected chi connectivity index (χ0v) is 14.2. The van der Waals surface area contributed by atoms with E-state index in [1.54, 1.807) is 0 Å². The molecule has 0 spiro atoms. The van der Waals surface area contributed by atoms with Crippen LogP contribution in [0.2, 0.25) is 0 Å². The quantitative estimate of drug-likeness (QED) is 0.832. The number of carbonyl (C=O) groups excluding carboxylic acids is 1. The summed E-state index contributed by atoms with van der Waals surface area (Å²) in [5.74, 6) is 1.28. The van der Waals surface area contributed by atoms with E-state index in [1.165, 1.54) is 11.8 Å². The number of nitrogens with zero attached hydrogens (tertiary/aromatic N) is 3. The van der Waals surface area contributed by atoms with E-state index in [1.807, 2.05) is 48.7 Å². The number of aryl methyl sites for hydroxylation is 1. The van der Waals surface area contributed by atoms with Gasteiger partial charge in [-0.15, -0.1) is 10.2 Å². The van der Waals surface area contributed by atoms with Gasteiger partial charge in [-0.05, 0) is 31.9 Å². The fourth-order valence-corrected chi connectivity index (χ4v) is 2.89. The first-order chi connectivity index (χ1) is 10.5. The second-order valence-electron chi connectivity index (χ2n) is 5.60. The molecule has 1 heterocycles. The zero-order chi connectivity index (χ0) is 16.1. The molecule has 0 aliphatic rings. The van der Waals surface area contributed by atoms with Crippen LogP contribution in [0.5, 0.6) is 0 Å². The molecule has 1 atom stereocenters. The van der Waals surface area contributed by atoms with Gasteiger partial charge in [0.25, 0.3) is 0 Å². The molecule has 0 fully saturated rings. The molecular weight excluding hydrogens is 296 g/mol. The van der Waals surface area contributed by atoms with Crippen molar-refractivity contribution in [1.82, 2.24) is 20.1 Å². The Morgan fingerprint density at radius 1 is 1.23 bits per heavy atom. The van der Waals surface area contributed by atoms with Gasteiger partial charge < -0.3 is 5.32 Å². The van der Waals surface area contributed by atoms with Gasteiger partial charge in [-0.3, -0.25) is 9.36 Å². The Balaban J connectivity index is 2.12. The van der Waals surface area contributed by atoms with Crippen molar-refractivity contribution < 1.29 is 4.79 Å². The highest BCUT2D eigenvalue weighted by Crippen LogP contribution is 2.25. The number of hydrogen-bond donors (Lipinski definition) is 1. The van der Waals surface area contributed by atoms with Gasteiger partial charge in [-0.2, -0.15) is 0 Å². The molecule has 118 valence electrons. The Labute approximate surface area is 135 Å². The standard InChI is InChI=1S/C16H22N4OS/c1-11(2)10-17-15(21)12(3)22-16-19-18-13(4)20(16)14-8-6-5-7-9-14/h5-9,11-12H,10H2,1-4H3,(H,17,21)/t12-/m0/s1. The van der Waals surface area contributed by atoms with Crippen LogP contribution in [0.4, 0.5) is 0 Å². The topological polar surface area (TPSA) is 59.8 Å². The lowest BCUT2D eigenvalue weighted by Crippen LogP contribution is -2.33. The summed E-state index contributed by atoms with van der Waals surface area (Å²) < 4.78 is 1.97. The van der Waals surface area contributed by atoms with Gasteiger partial charge in [0, 0.05) is 12.2 Å². The maximum Gasteiger partial charge on any atom is 0.233 e. The molecule has 6 heteroatoms. The minimum absolute atomic E-state index is 0.0268. The molecule has 2 aromatic rings. The van der Waals surface area contributed by atoms with E-state index in [2.05, 4.69) is 29.4 Å². The van der Waals surface area contributed by atoms with Crippen molar-refractivity contribution in [1.29, 1.82) is 0 Å². The smallest absolute Gasteiger partial charge is 0.233 e. The molecular formula is C16H22N4OS. The monoisotopic (exact) mass is 318 g/mol. The van der Waals surface area contributed by atoms with Crippen LogP contribution in [0.25, 0.3) is 5.69 Å². The third kappa shape index (κ3) is 4.10. The lowest BCUT2D eigenvalue weighted by Gasteiger charge is -2.14. The van der Waals surface area contributed by atoms with Gasteiger partial charge >= 0.3 is 0 Å². The van der Waals surface area contributed by atoms with E-state index in [4.69, 9.17) is 0 Å². The molecule has 0 saturated carbocycles. The molecule has 0 aliphatic heterocycles. The first-order valence-corrected chi connectivity index (χ1v) is 8.28. The molecule has 2 rings (SSSR count).